The third-order valence-corrected chi connectivity index (χ3v) is 4.05. The Labute approximate surface area is 126 Å². The predicted molar refractivity (Wildman–Crippen MR) is 86.8 cm³/mol. The van der Waals surface area contributed by atoms with E-state index in [0.29, 0.717) is 6.04 Å². The van der Waals surface area contributed by atoms with Gasteiger partial charge >= 0.3 is 0 Å². The Morgan fingerprint density at radius 1 is 0.952 bits per heavy atom. The van der Waals surface area contributed by atoms with Crippen LogP contribution in [0.15, 0.2) is 60.7 Å². The molecule has 2 aromatic carbocycles. The maximum atomic E-state index is 5.51. The summed E-state index contributed by atoms with van der Waals surface area (Å²) in [7, 11) is 1.77. The number of methoxy groups -OCH3 is 1. The number of nitrogens with one attached hydrogen (secondary N) is 1. The highest BCUT2D eigenvalue weighted by Crippen LogP contribution is 2.31. The molecule has 2 unspecified atom stereocenters. The van der Waals surface area contributed by atoms with E-state index >= 15 is 0 Å². The van der Waals surface area contributed by atoms with Gasteiger partial charge in [0, 0.05) is 30.9 Å². The van der Waals surface area contributed by atoms with Gasteiger partial charge in [-0.25, -0.2) is 0 Å². The van der Waals surface area contributed by atoms with Gasteiger partial charge < -0.3 is 9.64 Å². The Kier molecular flexibility index (Phi) is 4.53. The van der Waals surface area contributed by atoms with Crippen LogP contribution in [0.5, 0.6) is 0 Å². The molecule has 110 valence electrons. The fourth-order valence-corrected chi connectivity index (χ4v) is 3.02. The van der Waals surface area contributed by atoms with Crippen LogP contribution in [0.2, 0.25) is 0 Å². The molecule has 0 amide bonds. The number of rotatable bonds is 4. The van der Waals surface area contributed by atoms with Crippen LogP contribution in [0.4, 0.5) is 11.4 Å². The van der Waals surface area contributed by atoms with E-state index in [1.807, 2.05) is 0 Å². The minimum atomic E-state index is 0.138. The molecule has 1 fully saturated rings. The Hall–Kier alpha value is -1.84. The lowest BCUT2D eigenvalue weighted by Crippen LogP contribution is -2.47. The van der Waals surface area contributed by atoms with Crippen molar-refractivity contribution in [2.75, 3.05) is 18.6 Å². The highest BCUT2D eigenvalue weighted by Gasteiger charge is 2.27. The van der Waals surface area contributed by atoms with Crippen molar-refractivity contribution in [1.82, 2.24) is 5.32 Å². The van der Waals surface area contributed by atoms with Gasteiger partial charge in [-0.2, -0.15) is 0 Å². The van der Waals surface area contributed by atoms with Crippen LogP contribution in [0.1, 0.15) is 12.8 Å². The van der Waals surface area contributed by atoms with Crippen molar-refractivity contribution in [3.63, 3.8) is 0 Å². The molecule has 0 aliphatic carbocycles. The first-order chi connectivity index (χ1) is 10.4. The van der Waals surface area contributed by atoms with Crippen LogP contribution in [0.25, 0.3) is 0 Å². The monoisotopic (exact) mass is 282 g/mol. The number of ether oxygens (including phenoxy) is 1. The van der Waals surface area contributed by atoms with Gasteiger partial charge in [-0.15, -0.1) is 0 Å². The molecule has 1 N–H and O–H groups in total. The minimum absolute atomic E-state index is 0.138. The molecule has 3 rings (SSSR count). The number of para-hydroxylation sites is 2. The second kappa shape index (κ2) is 6.74. The zero-order valence-corrected chi connectivity index (χ0v) is 12.4. The van der Waals surface area contributed by atoms with Crippen LogP contribution >= 0.6 is 0 Å². The SMILES string of the molecule is COC1CC(N(c2ccccc2)c2ccccc2)CCN1. The second-order valence-electron chi connectivity index (χ2n) is 5.40. The first-order valence-electron chi connectivity index (χ1n) is 7.54. The van der Waals surface area contributed by atoms with Crippen molar-refractivity contribution >= 4 is 11.4 Å². The van der Waals surface area contributed by atoms with E-state index in [1.54, 1.807) is 7.11 Å². The number of nitrogens with zero attached hydrogens (tertiary/aromatic N) is 1. The normalized spacial score (nSPS) is 22.0. The largest absolute Gasteiger partial charge is 0.367 e. The van der Waals surface area contributed by atoms with Gasteiger partial charge in [-0.1, -0.05) is 36.4 Å². The van der Waals surface area contributed by atoms with Gasteiger partial charge in [0.05, 0.1) is 0 Å². The molecule has 0 bridgehead atoms. The van der Waals surface area contributed by atoms with Crippen molar-refractivity contribution in [3.05, 3.63) is 60.7 Å². The van der Waals surface area contributed by atoms with E-state index in [4.69, 9.17) is 4.74 Å². The minimum Gasteiger partial charge on any atom is -0.367 e. The van der Waals surface area contributed by atoms with Gasteiger partial charge in [0.1, 0.15) is 6.23 Å². The van der Waals surface area contributed by atoms with Gasteiger partial charge in [-0.3, -0.25) is 5.32 Å². The molecule has 21 heavy (non-hydrogen) atoms. The molecular weight excluding hydrogens is 260 g/mol. The first kappa shape index (κ1) is 14.1. The summed E-state index contributed by atoms with van der Waals surface area (Å²) < 4.78 is 5.51. The van der Waals surface area contributed by atoms with Crippen molar-refractivity contribution < 1.29 is 4.74 Å². The Morgan fingerprint density at radius 3 is 2.05 bits per heavy atom. The van der Waals surface area contributed by atoms with Crippen LogP contribution in [-0.4, -0.2) is 25.9 Å². The molecule has 1 aliphatic heterocycles. The summed E-state index contributed by atoms with van der Waals surface area (Å²) in [6, 6.07) is 21.7. The van der Waals surface area contributed by atoms with E-state index in [0.717, 1.165) is 19.4 Å². The van der Waals surface area contributed by atoms with Crippen LogP contribution in [-0.2, 0) is 4.74 Å². The summed E-state index contributed by atoms with van der Waals surface area (Å²) in [5.74, 6) is 0. The smallest absolute Gasteiger partial charge is 0.109 e. The van der Waals surface area contributed by atoms with E-state index in [1.165, 1.54) is 11.4 Å². The van der Waals surface area contributed by atoms with E-state index in [2.05, 4.69) is 70.9 Å². The van der Waals surface area contributed by atoms with Crippen molar-refractivity contribution in [2.24, 2.45) is 0 Å². The lowest BCUT2D eigenvalue weighted by atomic mass is 10.0. The summed E-state index contributed by atoms with van der Waals surface area (Å²) in [6.45, 7) is 0.985. The van der Waals surface area contributed by atoms with Crippen molar-refractivity contribution in [3.8, 4) is 0 Å². The third-order valence-electron chi connectivity index (χ3n) is 4.05. The molecule has 0 radical (unpaired) electrons. The van der Waals surface area contributed by atoms with E-state index < -0.39 is 0 Å². The highest BCUT2D eigenvalue weighted by molar-refractivity contribution is 5.64. The van der Waals surface area contributed by atoms with Gasteiger partial charge in [0.25, 0.3) is 0 Å². The molecule has 0 aromatic heterocycles. The first-order valence-corrected chi connectivity index (χ1v) is 7.54. The molecule has 1 aliphatic rings. The van der Waals surface area contributed by atoms with Crippen LogP contribution < -0.4 is 10.2 Å². The molecule has 0 spiro atoms. The number of hydrogen-bond donors (Lipinski definition) is 1. The standard InChI is InChI=1S/C18H22N2O/c1-21-18-14-17(12-13-19-18)20(15-8-4-2-5-9-15)16-10-6-3-7-11-16/h2-11,17-19H,12-14H2,1H3. The molecule has 3 heteroatoms. The summed E-state index contributed by atoms with van der Waals surface area (Å²) in [6.07, 6.45) is 2.24. The number of benzene rings is 2. The summed E-state index contributed by atoms with van der Waals surface area (Å²) in [4.78, 5) is 2.44. The van der Waals surface area contributed by atoms with E-state index in [-0.39, 0.29) is 6.23 Å². The molecule has 3 nitrogen and oxygen atoms in total. The van der Waals surface area contributed by atoms with Crippen molar-refractivity contribution in [1.29, 1.82) is 0 Å². The van der Waals surface area contributed by atoms with E-state index in [9.17, 15) is 0 Å². The average molecular weight is 282 g/mol. The van der Waals surface area contributed by atoms with Crippen LogP contribution in [0.3, 0.4) is 0 Å². The maximum absolute atomic E-state index is 5.51. The fraction of sp³-hybridized carbons (Fsp3) is 0.333. The summed E-state index contributed by atoms with van der Waals surface area (Å²) in [5.41, 5.74) is 2.48. The Balaban J connectivity index is 1.93. The molecule has 0 saturated carbocycles. The van der Waals surface area contributed by atoms with Gasteiger partial charge in [-0.05, 0) is 37.2 Å². The summed E-state index contributed by atoms with van der Waals surface area (Å²) in [5, 5.41) is 3.41. The molecule has 1 saturated heterocycles. The average Bonchev–Trinajstić information content (AvgIpc) is 2.57. The van der Waals surface area contributed by atoms with Crippen LogP contribution in [0, 0.1) is 0 Å². The number of hydrogen-bond acceptors (Lipinski definition) is 3. The van der Waals surface area contributed by atoms with Crippen molar-refractivity contribution in [2.45, 2.75) is 25.1 Å². The quantitative estimate of drug-likeness (QED) is 0.928. The number of anilines is 2. The maximum Gasteiger partial charge on any atom is 0.109 e. The second-order valence-corrected chi connectivity index (χ2v) is 5.40. The zero-order valence-electron chi connectivity index (χ0n) is 12.4. The third kappa shape index (κ3) is 3.26. The molecule has 2 aromatic rings. The number of piperidine rings is 1. The lowest BCUT2D eigenvalue weighted by molar-refractivity contribution is 0.0463. The van der Waals surface area contributed by atoms with Gasteiger partial charge in [0.15, 0.2) is 0 Å². The predicted octanol–water partition coefficient (Wildman–Crippen LogP) is 3.55. The zero-order chi connectivity index (χ0) is 14.5. The molecular formula is C18H22N2O. The topological polar surface area (TPSA) is 24.5 Å². The molecule has 1 heterocycles. The Bertz CT molecular complexity index is 504. The summed E-state index contributed by atoms with van der Waals surface area (Å²) >= 11 is 0. The lowest BCUT2D eigenvalue weighted by Gasteiger charge is -2.39. The van der Waals surface area contributed by atoms with Gasteiger partial charge in [0.2, 0.25) is 0 Å². The molecule has 2 atom stereocenters. The fourth-order valence-electron chi connectivity index (χ4n) is 3.02. The Morgan fingerprint density at radius 2 is 1.52 bits per heavy atom. The highest BCUT2D eigenvalue weighted by atomic mass is 16.5.